The second-order valence-electron chi connectivity index (χ2n) is 4.04. The van der Waals surface area contributed by atoms with Gasteiger partial charge in [-0.3, -0.25) is 9.69 Å². The SMILES string of the molecule is CC(N)CC1Oc2cccnc2N(C)C1=O. The number of carbonyl (C=O) groups is 1. The van der Waals surface area contributed by atoms with Gasteiger partial charge in [0.1, 0.15) is 0 Å². The number of anilines is 1. The summed E-state index contributed by atoms with van der Waals surface area (Å²) in [6.07, 6.45) is 1.65. The first-order valence-corrected chi connectivity index (χ1v) is 5.24. The number of nitrogens with zero attached hydrogens (tertiary/aromatic N) is 2. The first kappa shape index (κ1) is 10.9. The second kappa shape index (κ2) is 4.09. The van der Waals surface area contributed by atoms with E-state index in [0.717, 1.165) is 0 Å². The summed E-state index contributed by atoms with van der Waals surface area (Å²) in [5.74, 6) is 1.10. The van der Waals surface area contributed by atoms with E-state index in [1.165, 1.54) is 4.90 Å². The third-order valence-corrected chi connectivity index (χ3v) is 2.53. The molecular formula is C11H15N3O2. The molecule has 0 spiro atoms. The van der Waals surface area contributed by atoms with Crippen molar-refractivity contribution < 1.29 is 9.53 Å². The fourth-order valence-electron chi connectivity index (χ4n) is 1.74. The predicted molar refractivity (Wildman–Crippen MR) is 60.3 cm³/mol. The quantitative estimate of drug-likeness (QED) is 0.791. The van der Waals surface area contributed by atoms with Crippen molar-refractivity contribution in [2.75, 3.05) is 11.9 Å². The van der Waals surface area contributed by atoms with Crippen LogP contribution < -0.4 is 15.4 Å². The zero-order chi connectivity index (χ0) is 11.7. The molecule has 1 aromatic heterocycles. The van der Waals surface area contributed by atoms with Gasteiger partial charge in [-0.15, -0.1) is 0 Å². The molecule has 2 atom stereocenters. The minimum atomic E-state index is -0.498. The molecule has 1 aromatic rings. The Kier molecular flexibility index (Phi) is 2.78. The Morgan fingerprint density at radius 2 is 2.44 bits per heavy atom. The molecule has 2 heterocycles. The van der Waals surface area contributed by atoms with Gasteiger partial charge in [-0.25, -0.2) is 4.98 Å². The Labute approximate surface area is 94.2 Å². The van der Waals surface area contributed by atoms with E-state index in [1.54, 1.807) is 25.4 Å². The summed E-state index contributed by atoms with van der Waals surface area (Å²) in [6, 6.07) is 3.52. The molecule has 0 saturated carbocycles. The number of nitrogens with two attached hydrogens (primary N) is 1. The van der Waals surface area contributed by atoms with Gasteiger partial charge in [0.15, 0.2) is 17.7 Å². The number of fused-ring (bicyclic) bond motifs is 1. The molecule has 1 aliphatic rings. The summed E-state index contributed by atoms with van der Waals surface area (Å²) in [6.45, 7) is 1.86. The molecule has 86 valence electrons. The minimum Gasteiger partial charge on any atom is -0.477 e. The zero-order valence-electron chi connectivity index (χ0n) is 9.38. The first-order chi connectivity index (χ1) is 7.59. The molecule has 5 nitrogen and oxygen atoms in total. The number of aromatic nitrogens is 1. The Hall–Kier alpha value is -1.62. The molecule has 1 aliphatic heterocycles. The number of rotatable bonds is 2. The maximum atomic E-state index is 11.9. The van der Waals surface area contributed by atoms with Crippen LogP contribution in [0.5, 0.6) is 5.75 Å². The van der Waals surface area contributed by atoms with Crippen LogP contribution in [0.3, 0.4) is 0 Å². The lowest BCUT2D eigenvalue weighted by molar-refractivity contribution is -0.126. The van der Waals surface area contributed by atoms with Crippen molar-refractivity contribution in [1.82, 2.24) is 4.98 Å². The molecule has 1 amide bonds. The third kappa shape index (κ3) is 1.86. The van der Waals surface area contributed by atoms with Crippen molar-refractivity contribution in [1.29, 1.82) is 0 Å². The number of hydrogen-bond donors (Lipinski definition) is 1. The number of likely N-dealkylation sites (N-methyl/N-ethyl adjacent to an activating group) is 1. The van der Waals surface area contributed by atoms with Crippen LogP contribution in [0.2, 0.25) is 0 Å². The van der Waals surface area contributed by atoms with Crippen LogP contribution in [0.4, 0.5) is 5.82 Å². The van der Waals surface area contributed by atoms with E-state index in [1.807, 2.05) is 6.92 Å². The van der Waals surface area contributed by atoms with E-state index < -0.39 is 6.10 Å². The predicted octanol–water partition coefficient (Wildman–Crippen LogP) is 0.543. The molecular weight excluding hydrogens is 206 g/mol. The van der Waals surface area contributed by atoms with Gasteiger partial charge >= 0.3 is 0 Å². The molecule has 5 heteroatoms. The number of hydrogen-bond acceptors (Lipinski definition) is 4. The second-order valence-corrected chi connectivity index (χ2v) is 4.04. The van der Waals surface area contributed by atoms with Crippen LogP contribution >= 0.6 is 0 Å². The lowest BCUT2D eigenvalue weighted by Gasteiger charge is -2.31. The first-order valence-electron chi connectivity index (χ1n) is 5.24. The van der Waals surface area contributed by atoms with Gasteiger partial charge in [0.25, 0.3) is 5.91 Å². The molecule has 0 radical (unpaired) electrons. The number of pyridine rings is 1. The third-order valence-electron chi connectivity index (χ3n) is 2.53. The van der Waals surface area contributed by atoms with E-state index in [9.17, 15) is 4.79 Å². The Morgan fingerprint density at radius 1 is 1.69 bits per heavy atom. The highest BCUT2D eigenvalue weighted by Crippen LogP contribution is 2.31. The number of amides is 1. The van der Waals surface area contributed by atoms with E-state index in [2.05, 4.69) is 4.98 Å². The molecule has 0 aliphatic carbocycles. The molecule has 16 heavy (non-hydrogen) atoms. The van der Waals surface area contributed by atoms with Crippen molar-refractivity contribution in [3.05, 3.63) is 18.3 Å². The van der Waals surface area contributed by atoms with Crippen LogP contribution in [-0.2, 0) is 4.79 Å². The highest BCUT2D eigenvalue weighted by atomic mass is 16.5. The van der Waals surface area contributed by atoms with Gasteiger partial charge in [0.2, 0.25) is 0 Å². The molecule has 0 saturated heterocycles. The van der Waals surface area contributed by atoms with E-state index in [-0.39, 0.29) is 11.9 Å². The Balaban J connectivity index is 2.28. The van der Waals surface area contributed by atoms with Gasteiger partial charge in [0.05, 0.1) is 0 Å². The molecule has 2 N–H and O–H groups in total. The normalized spacial score (nSPS) is 21.3. The Bertz CT molecular complexity index is 406. The fraction of sp³-hybridized carbons (Fsp3) is 0.455. The highest BCUT2D eigenvalue weighted by molar-refractivity contribution is 5.98. The van der Waals surface area contributed by atoms with E-state index in [4.69, 9.17) is 10.5 Å². The van der Waals surface area contributed by atoms with Crippen LogP contribution in [0.1, 0.15) is 13.3 Å². The largest absolute Gasteiger partial charge is 0.477 e. The average Bonchev–Trinajstić information content (AvgIpc) is 2.25. The lowest BCUT2D eigenvalue weighted by atomic mass is 10.1. The van der Waals surface area contributed by atoms with Gasteiger partial charge in [0, 0.05) is 25.7 Å². The van der Waals surface area contributed by atoms with Crippen molar-refractivity contribution in [2.45, 2.75) is 25.5 Å². The van der Waals surface area contributed by atoms with Crippen LogP contribution in [-0.4, -0.2) is 30.1 Å². The summed E-state index contributed by atoms with van der Waals surface area (Å²) in [5, 5.41) is 0. The van der Waals surface area contributed by atoms with Crippen molar-refractivity contribution >= 4 is 11.7 Å². The minimum absolute atomic E-state index is 0.0689. The summed E-state index contributed by atoms with van der Waals surface area (Å²) < 4.78 is 5.59. The van der Waals surface area contributed by atoms with Crippen molar-refractivity contribution in [3.8, 4) is 5.75 Å². The fourth-order valence-corrected chi connectivity index (χ4v) is 1.74. The average molecular weight is 221 g/mol. The molecule has 0 bridgehead atoms. The van der Waals surface area contributed by atoms with E-state index in [0.29, 0.717) is 18.0 Å². The van der Waals surface area contributed by atoms with E-state index >= 15 is 0 Å². The number of ether oxygens (including phenoxy) is 1. The molecule has 0 aromatic carbocycles. The van der Waals surface area contributed by atoms with Crippen LogP contribution in [0.25, 0.3) is 0 Å². The zero-order valence-corrected chi connectivity index (χ0v) is 9.38. The summed E-state index contributed by atoms with van der Waals surface area (Å²) in [7, 11) is 1.70. The van der Waals surface area contributed by atoms with Gasteiger partial charge in [-0.1, -0.05) is 0 Å². The highest BCUT2D eigenvalue weighted by Gasteiger charge is 2.33. The standard InChI is InChI=1S/C11H15N3O2/c1-7(12)6-9-11(15)14(2)10-8(16-9)4-3-5-13-10/h3-5,7,9H,6,12H2,1-2H3. The maximum absolute atomic E-state index is 11.9. The maximum Gasteiger partial charge on any atom is 0.269 e. The number of carbonyl (C=O) groups excluding carboxylic acids is 1. The van der Waals surface area contributed by atoms with Crippen LogP contribution in [0, 0.1) is 0 Å². The van der Waals surface area contributed by atoms with Crippen LogP contribution in [0.15, 0.2) is 18.3 Å². The molecule has 2 unspecified atom stereocenters. The van der Waals surface area contributed by atoms with Gasteiger partial charge in [-0.2, -0.15) is 0 Å². The topological polar surface area (TPSA) is 68.5 Å². The van der Waals surface area contributed by atoms with Gasteiger partial charge in [-0.05, 0) is 19.1 Å². The summed E-state index contributed by atoms with van der Waals surface area (Å²) in [5.41, 5.74) is 5.68. The summed E-state index contributed by atoms with van der Waals surface area (Å²) in [4.78, 5) is 17.6. The lowest BCUT2D eigenvalue weighted by Crippen LogP contribution is -2.46. The monoisotopic (exact) mass is 221 g/mol. The Morgan fingerprint density at radius 3 is 3.12 bits per heavy atom. The van der Waals surface area contributed by atoms with Crippen molar-refractivity contribution in [2.24, 2.45) is 5.73 Å². The smallest absolute Gasteiger partial charge is 0.269 e. The van der Waals surface area contributed by atoms with Crippen molar-refractivity contribution in [3.63, 3.8) is 0 Å². The molecule has 2 rings (SSSR count). The van der Waals surface area contributed by atoms with Gasteiger partial charge < -0.3 is 10.5 Å². The summed E-state index contributed by atoms with van der Waals surface area (Å²) >= 11 is 0. The molecule has 0 fully saturated rings.